The molecule has 2 heterocycles. The Balaban J connectivity index is 1.65. The van der Waals surface area contributed by atoms with Crippen LogP contribution in [0.15, 0.2) is 29.2 Å². The van der Waals surface area contributed by atoms with Crippen LogP contribution in [0.1, 0.15) is 27.2 Å². The Morgan fingerprint density at radius 1 is 1.17 bits per heavy atom. The first kappa shape index (κ1) is 21.5. The summed E-state index contributed by atoms with van der Waals surface area (Å²) in [5.74, 6) is -0.135. The highest BCUT2D eigenvalue weighted by atomic mass is 32.2. The zero-order chi connectivity index (χ0) is 21.2. The second-order valence-corrected chi connectivity index (χ2v) is 10.1. The minimum atomic E-state index is -3.54. The van der Waals surface area contributed by atoms with Crippen LogP contribution in [0.25, 0.3) is 0 Å². The number of nitrogens with one attached hydrogen (secondary N) is 2. The highest BCUT2D eigenvalue weighted by molar-refractivity contribution is 7.89. The van der Waals surface area contributed by atoms with E-state index in [0.29, 0.717) is 38.4 Å². The van der Waals surface area contributed by atoms with Gasteiger partial charge in [-0.15, -0.1) is 0 Å². The number of nitrogens with zero attached hydrogens (tertiary/aromatic N) is 2. The lowest BCUT2D eigenvalue weighted by Crippen LogP contribution is -2.46. The summed E-state index contributed by atoms with van der Waals surface area (Å²) in [7, 11) is -3.54. The Labute approximate surface area is 171 Å². The van der Waals surface area contributed by atoms with E-state index in [1.54, 1.807) is 37.8 Å². The van der Waals surface area contributed by atoms with Crippen LogP contribution in [-0.4, -0.2) is 69.1 Å². The Bertz CT molecular complexity index is 858. The molecule has 2 saturated heterocycles. The third-order valence-electron chi connectivity index (χ3n) is 4.71. The lowest BCUT2D eigenvalue weighted by atomic mass is 10.2. The predicted molar refractivity (Wildman–Crippen MR) is 108 cm³/mol. The van der Waals surface area contributed by atoms with Gasteiger partial charge in [-0.3, -0.25) is 4.79 Å². The zero-order valence-electron chi connectivity index (χ0n) is 17.0. The third-order valence-corrected chi connectivity index (χ3v) is 6.62. The summed E-state index contributed by atoms with van der Waals surface area (Å²) in [6.07, 6.45) is -0.394. The molecular formula is C19H28N4O5S. The van der Waals surface area contributed by atoms with Crippen molar-refractivity contribution in [1.29, 1.82) is 0 Å². The number of amides is 2. The van der Waals surface area contributed by atoms with Crippen molar-refractivity contribution < 1.29 is 22.7 Å². The molecular weight excluding hydrogens is 396 g/mol. The molecule has 29 heavy (non-hydrogen) atoms. The van der Waals surface area contributed by atoms with Crippen LogP contribution in [0.3, 0.4) is 0 Å². The summed E-state index contributed by atoms with van der Waals surface area (Å²) in [4.78, 5) is 26.1. The van der Waals surface area contributed by atoms with Gasteiger partial charge in [0.25, 0.3) is 0 Å². The van der Waals surface area contributed by atoms with Crippen LogP contribution in [0.2, 0.25) is 0 Å². The molecule has 0 radical (unpaired) electrons. The molecule has 2 N–H and O–H groups in total. The smallest absolute Gasteiger partial charge is 0.407 e. The van der Waals surface area contributed by atoms with Gasteiger partial charge in [-0.05, 0) is 45.0 Å². The van der Waals surface area contributed by atoms with Gasteiger partial charge in [-0.1, -0.05) is 0 Å². The summed E-state index contributed by atoms with van der Waals surface area (Å²) < 4.78 is 32.1. The van der Waals surface area contributed by atoms with Crippen molar-refractivity contribution in [2.24, 2.45) is 0 Å². The first-order valence-corrected chi connectivity index (χ1v) is 11.1. The quantitative estimate of drug-likeness (QED) is 0.744. The average molecular weight is 425 g/mol. The van der Waals surface area contributed by atoms with E-state index < -0.39 is 21.7 Å². The summed E-state index contributed by atoms with van der Waals surface area (Å²) in [6.45, 7) is 7.76. The number of ether oxygens (including phenoxy) is 1. The summed E-state index contributed by atoms with van der Waals surface area (Å²) >= 11 is 0. The van der Waals surface area contributed by atoms with Crippen molar-refractivity contribution in [3.05, 3.63) is 24.3 Å². The number of hydrogen-bond acceptors (Lipinski definition) is 6. The molecule has 1 aromatic carbocycles. The molecule has 2 aliphatic heterocycles. The summed E-state index contributed by atoms with van der Waals surface area (Å²) in [5, 5.41) is 5.84. The normalized spacial score (nSPS) is 21.3. The Hall–Kier alpha value is -2.17. The molecule has 0 spiro atoms. The van der Waals surface area contributed by atoms with Crippen molar-refractivity contribution in [3.8, 4) is 0 Å². The van der Waals surface area contributed by atoms with E-state index in [0.717, 1.165) is 0 Å². The molecule has 0 saturated carbocycles. The fourth-order valence-electron chi connectivity index (χ4n) is 3.36. The maximum Gasteiger partial charge on any atom is 0.407 e. The number of piperazine rings is 1. The highest BCUT2D eigenvalue weighted by Crippen LogP contribution is 2.25. The van der Waals surface area contributed by atoms with Crippen molar-refractivity contribution in [1.82, 2.24) is 14.9 Å². The molecule has 1 aromatic rings. The number of sulfonamides is 1. The average Bonchev–Trinajstić information content (AvgIpc) is 3.01. The minimum Gasteiger partial charge on any atom is -0.444 e. The number of hydrogen-bond donors (Lipinski definition) is 2. The largest absolute Gasteiger partial charge is 0.444 e. The summed E-state index contributed by atoms with van der Waals surface area (Å²) in [6, 6.07) is 5.94. The van der Waals surface area contributed by atoms with E-state index in [-0.39, 0.29) is 23.3 Å². The first-order valence-electron chi connectivity index (χ1n) is 9.67. The van der Waals surface area contributed by atoms with E-state index in [1.807, 2.05) is 0 Å². The lowest BCUT2D eigenvalue weighted by Gasteiger charge is -2.26. The van der Waals surface area contributed by atoms with E-state index in [1.165, 1.54) is 16.4 Å². The fourth-order valence-corrected chi connectivity index (χ4v) is 4.80. The number of carbonyl (C=O) groups excluding carboxylic acids is 2. The van der Waals surface area contributed by atoms with E-state index >= 15 is 0 Å². The van der Waals surface area contributed by atoms with E-state index in [9.17, 15) is 18.0 Å². The van der Waals surface area contributed by atoms with Crippen molar-refractivity contribution in [2.45, 2.75) is 43.7 Å². The Morgan fingerprint density at radius 2 is 1.79 bits per heavy atom. The van der Waals surface area contributed by atoms with Crippen molar-refractivity contribution in [3.63, 3.8) is 0 Å². The summed E-state index contributed by atoms with van der Waals surface area (Å²) in [5.41, 5.74) is -0.0132. The first-order chi connectivity index (χ1) is 13.6. The molecule has 2 aliphatic rings. The van der Waals surface area contributed by atoms with Gasteiger partial charge < -0.3 is 20.3 Å². The molecule has 0 aliphatic carbocycles. The van der Waals surface area contributed by atoms with Gasteiger partial charge in [0, 0.05) is 44.8 Å². The molecule has 1 atom stereocenters. The molecule has 0 aromatic heterocycles. The second-order valence-electron chi connectivity index (χ2n) is 8.20. The van der Waals surface area contributed by atoms with E-state index in [2.05, 4.69) is 10.6 Å². The Kier molecular flexibility index (Phi) is 6.16. The van der Waals surface area contributed by atoms with Crippen LogP contribution >= 0.6 is 0 Å². The molecule has 0 unspecified atom stereocenters. The van der Waals surface area contributed by atoms with Gasteiger partial charge in [-0.2, -0.15) is 4.31 Å². The predicted octanol–water partition coefficient (Wildman–Crippen LogP) is 0.911. The molecule has 10 heteroatoms. The number of benzene rings is 1. The van der Waals surface area contributed by atoms with Gasteiger partial charge in [-0.25, -0.2) is 13.2 Å². The van der Waals surface area contributed by atoms with Crippen LogP contribution in [0.4, 0.5) is 10.5 Å². The van der Waals surface area contributed by atoms with Crippen LogP contribution in [-0.2, 0) is 19.6 Å². The monoisotopic (exact) mass is 424 g/mol. The van der Waals surface area contributed by atoms with Crippen molar-refractivity contribution in [2.75, 3.05) is 37.6 Å². The Morgan fingerprint density at radius 3 is 2.38 bits per heavy atom. The van der Waals surface area contributed by atoms with Gasteiger partial charge in [0.05, 0.1) is 10.9 Å². The maximum atomic E-state index is 12.7. The standard InChI is InChI=1S/C19H28N4O5S/c1-19(2,3)28-18(25)21-14-12-17(24)23(13-14)15-4-6-16(7-5-15)29(26,27)22-10-8-20-9-11-22/h4-7,14,20H,8-13H2,1-3H3,(H,21,25)/t14-/m1/s1. The van der Waals surface area contributed by atoms with Gasteiger partial charge in [0.1, 0.15) is 5.60 Å². The van der Waals surface area contributed by atoms with Gasteiger partial charge in [0.15, 0.2) is 0 Å². The lowest BCUT2D eigenvalue weighted by molar-refractivity contribution is -0.117. The molecule has 160 valence electrons. The van der Waals surface area contributed by atoms with E-state index in [4.69, 9.17) is 4.74 Å². The molecule has 0 bridgehead atoms. The topological polar surface area (TPSA) is 108 Å². The number of carbonyl (C=O) groups is 2. The number of alkyl carbamates (subject to hydrolysis) is 1. The highest BCUT2D eigenvalue weighted by Gasteiger charge is 2.33. The van der Waals surface area contributed by atoms with Gasteiger partial charge >= 0.3 is 6.09 Å². The zero-order valence-corrected chi connectivity index (χ0v) is 17.8. The minimum absolute atomic E-state index is 0.135. The molecule has 2 fully saturated rings. The fraction of sp³-hybridized carbons (Fsp3) is 0.579. The second kappa shape index (κ2) is 8.29. The number of rotatable bonds is 4. The molecule has 2 amide bonds. The SMILES string of the molecule is CC(C)(C)OC(=O)N[C@@H]1CC(=O)N(c2ccc(S(=O)(=O)N3CCNCC3)cc2)C1. The van der Waals surface area contributed by atoms with Crippen molar-refractivity contribution >= 4 is 27.7 Å². The number of anilines is 1. The molecule has 9 nitrogen and oxygen atoms in total. The third kappa shape index (κ3) is 5.26. The van der Waals surface area contributed by atoms with Crippen LogP contribution in [0.5, 0.6) is 0 Å². The molecule has 3 rings (SSSR count). The van der Waals surface area contributed by atoms with Gasteiger partial charge in [0.2, 0.25) is 15.9 Å². The van der Waals surface area contributed by atoms with Crippen LogP contribution in [0, 0.1) is 0 Å². The van der Waals surface area contributed by atoms with Crippen LogP contribution < -0.4 is 15.5 Å². The maximum absolute atomic E-state index is 12.7.